The van der Waals surface area contributed by atoms with E-state index in [1.165, 1.54) is 7.11 Å². The molecule has 5 nitrogen and oxygen atoms in total. The van der Waals surface area contributed by atoms with Crippen molar-refractivity contribution in [3.05, 3.63) is 23.3 Å². The quantitative estimate of drug-likeness (QED) is 0.865. The van der Waals surface area contributed by atoms with Gasteiger partial charge in [0.1, 0.15) is 0 Å². The van der Waals surface area contributed by atoms with Crippen LogP contribution in [0.15, 0.2) is 12.1 Å². The molecule has 112 valence electrons. The van der Waals surface area contributed by atoms with E-state index in [1.54, 1.807) is 0 Å². The Hall–Kier alpha value is -1.96. The molecule has 1 aromatic rings. The van der Waals surface area contributed by atoms with E-state index < -0.39 is 35.7 Å². The van der Waals surface area contributed by atoms with Gasteiger partial charge in [-0.2, -0.15) is 13.2 Å². The standard InChI is InChI=1S/C12H14F3NO4/c1-19-8-4-3-7(12(13,14)15)9(10(8)20-2)6(5-16)11(17)18/h3-4,6H,5,16H2,1-2H3,(H,17,18). The normalized spacial score (nSPS) is 12.9. The van der Waals surface area contributed by atoms with E-state index in [4.69, 9.17) is 20.3 Å². The molecule has 0 radical (unpaired) electrons. The van der Waals surface area contributed by atoms with Crippen LogP contribution in [-0.4, -0.2) is 31.8 Å². The Morgan fingerprint density at radius 2 is 1.95 bits per heavy atom. The molecule has 8 heteroatoms. The summed E-state index contributed by atoms with van der Waals surface area (Å²) in [5.41, 5.74) is 3.65. The Morgan fingerprint density at radius 1 is 1.35 bits per heavy atom. The summed E-state index contributed by atoms with van der Waals surface area (Å²) >= 11 is 0. The van der Waals surface area contributed by atoms with E-state index in [0.29, 0.717) is 0 Å². The van der Waals surface area contributed by atoms with Crippen molar-refractivity contribution in [3.8, 4) is 11.5 Å². The maximum atomic E-state index is 13.0. The third kappa shape index (κ3) is 2.96. The Labute approximate surface area is 113 Å². The summed E-state index contributed by atoms with van der Waals surface area (Å²) in [7, 11) is 2.38. The lowest BCUT2D eigenvalue weighted by Crippen LogP contribution is -2.25. The fourth-order valence-electron chi connectivity index (χ4n) is 1.89. The molecule has 0 aromatic heterocycles. The molecule has 0 aliphatic carbocycles. The molecule has 0 bridgehead atoms. The lowest BCUT2D eigenvalue weighted by molar-refractivity contribution is -0.141. The van der Waals surface area contributed by atoms with Crippen LogP contribution in [0, 0.1) is 0 Å². The maximum Gasteiger partial charge on any atom is 0.416 e. The highest BCUT2D eigenvalue weighted by molar-refractivity contribution is 5.79. The number of hydrogen-bond acceptors (Lipinski definition) is 4. The van der Waals surface area contributed by atoms with Crippen LogP contribution in [0.1, 0.15) is 17.0 Å². The van der Waals surface area contributed by atoms with Crippen LogP contribution in [-0.2, 0) is 11.0 Å². The van der Waals surface area contributed by atoms with E-state index in [2.05, 4.69) is 0 Å². The number of aliphatic carboxylic acids is 1. The van der Waals surface area contributed by atoms with Gasteiger partial charge in [-0.1, -0.05) is 0 Å². The summed E-state index contributed by atoms with van der Waals surface area (Å²) in [6.45, 7) is -0.498. The number of carbonyl (C=O) groups is 1. The van der Waals surface area contributed by atoms with Crippen molar-refractivity contribution < 1.29 is 32.5 Å². The molecule has 1 atom stereocenters. The van der Waals surface area contributed by atoms with Gasteiger partial charge in [0.2, 0.25) is 0 Å². The molecule has 0 saturated heterocycles. The first-order valence-corrected chi connectivity index (χ1v) is 5.52. The Morgan fingerprint density at radius 3 is 2.30 bits per heavy atom. The number of carboxylic acids is 1. The maximum absolute atomic E-state index is 13.0. The van der Waals surface area contributed by atoms with E-state index in [0.717, 1.165) is 19.2 Å². The first-order valence-electron chi connectivity index (χ1n) is 5.52. The lowest BCUT2D eigenvalue weighted by atomic mass is 9.92. The minimum Gasteiger partial charge on any atom is -0.493 e. The smallest absolute Gasteiger partial charge is 0.416 e. The van der Waals surface area contributed by atoms with Crippen LogP contribution in [0.25, 0.3) is 0 Å². The van der Waals surface area contributed by atoms with Crippen LogP contribution < -0.4 is 15.2 Å². The van der Waals surface area contributed by atoms with Gasteiger partial charge in [0.25, 0.3) is 0 Å². The number of ether oxygens (including phenoxy) is 2. The Bertz CT molecular complexity index is 502. The number of benzene rings is 1. The second-order valence-corrected chi connectivity index (χ2v) is 3.89. The predicted molar refractivity (Wildman–Crippen MR) is 64.0 cm³/mol. The van der Waals surface area contributed by atoms with Crippen molar-refractivity contribution in [1.82, 2.24) is 0 Å². The minimum absolute atomic E-state index is 0.00944. The fourth-order valence-corrected chi connectivity index (χ4v) is 1.89. The topological polar surface area (TPSA) is 81.8 Å². The van der Waals surface area contributed by atoms with Gasteiger partial charge in [-0.25, -0.2) is 0 Å². The molecule has 0 heterocycles. The second kappa shape index (κ2) is 6.00. The number of methoxy groups -OCH3 is 2. The predicted octanol–water partition coefficient (Wildman–Crippen LogP) is 1.85. The third-order valence-electron chi connectivity index (χ3n) is 2.77. The Balaban J connectivity index is 3.67. The van der Waals surface area contributed by atoms with Crippen LogP contribution in [0.4, 0.5) is 13.2 Å². The van der Waals surface area contributed by atoms with Gasteiger partial charge in [-0.3, -0.25) is 4.79 Å². The van der Waals surface area contributed by atoms with Gasteiger partial charge < -0.3 is 20.3 Å². The zero-order chi connectivity index (χ0) is 15.5. The van der Waals surface area contributed by atoms with Crippen LogP contribution in [0.2, 0.25) is 0 Å². The van der Waals surface area contributed by atoms with Crippen molar-refractivity contribution in [2.24, 2.45) is 5.73 Å². The van der Waals surface area contributed by atoms with E-state index in [9.17, 15) is 18.0 Å². The lowest BCUT2D eigenvalue weighted by Gasteiger charge is -2.22. The minimum atomic E-state index is -4.72. The van der Waals surface area contributed by atoms with E-state index >= 15 is 0 Å². The molecule has 0 fully saturated rings. The van der Waals surface area contributed by atoms with Crippen molar-refractivity contribution in [2.75, 3.05) is 20.8 Å². The van der Waals surface area contributed by atoms with Gasteiger partial charge in [-0.15, -0.1) is 0 Å². The number of rotatable bonds is 5. The summed E-state index contributed by atoms with van der Waals surface area (Å²) in [5, 5.41) is 9.06. The van der Waals surface area contributed by atoms with Crippen LogP contribution in [0.5, 0.6) is 11.5 Å². The molecule has 0 spiro atoms. The van der Waals surface area contributed by atoms with Gasteiger partial charge in [0.15, 0.2) is 11.5 Å². The summed E-state index contributed by atoms with van der Waals surface area (Å²) in [4.78, 5) is 11.1. The number of halogens is 3. The molecule has 3 N–H and O–H groups in total. The average Bonchev–Trinajstić information content (AvgIpc) is 2.36. The van der Waals surface area contributed by atoms with Crippen molar-refractivity contribution in [2.45, 2.75) is 12.1 Å². The summed E-state index contributed by atoms with van der Waals surface area (Å²) in [5.74, 6) is -3.28. The summed E-state index contributed by atoms with van der Waals surface area (Å²) < 4.78 is 48.9. The number of alkyl halides is 3. The number of nitrogens with two attached hydrogens (primary N) is 1. The SMILES string of the molecule is COc1ccc(C(F)(F)F)c(C(CN)C(=O)O)c1OC. The molecule has 1 aromatic carbocycles. The number of hydrogen-bond donors (Lipinski definition) is 2. The highest BCUT2D eigenvalue weighted by Gasteiger charge is 2.39. The Kier molecular flexibility index (Phi) is 4.83. The fraction of sp³-hybridized carbons (Fsp3) is 0.417. The van der Waals surface area contributed by atoms with Crippen LogP contribution in [0.3, 0.4) is 0 Å². The van der Waals surface area contributed by atoms with Gasteiger partial charge in [0, 0.05) is 12.1 Å². The zero-order valence-electron chi connectivity index (χ0n) is 10.8. The molecule has 0 amide bonds. The first-order chi connectivity index (χ1) is 9.27. The molecule has 0 aliphatic heterocycles. The highest BCUT2D eigenvalue weighted by Crippen LogP contribution is 2.44. The van der Waals surface area contributed by atoms with Crippen LogP contribution >= 0.6 is 0 Å². The number of carboxylic acid groups (broad SMARTS) is 1. The monoisotopic (exact) mass is 293 g/mol. The summed E-state index contributed by atoms with van der Waals surface area (Å²) in [6, 6.07) is 1.82. The van der Waals surface area contributed by atoms with Crippen molar-refractivity contribution >= 4 is 5.97 Å². The second-order valence-electron chi connectivity index (χ2n) is 3.89. The molecule has 0 aliphatic rings. The highest BCUT2D eigenvalue weighted by atomic mass is 19.4. The van der Waals surface area contributed by atoms with Gasteiger partial charge >= 0.3 is 12.1 Å². The van der Waals surface area contributed by atoms with E-state index in [-0.39, 0.29) is 11.5 Å². The van der Waals surface area contributed by atoms with Gasteiger partial charge in [-0.05, 0) is 12.1 Å². The molecular formula is C12H14F3NO4. The average molecular weight is 293 g/mol. The van der Waals surface area contributed by atoms with E-state index in [1.807, 2.05) is 0 Å². The largest absolute Gasteiger partial charge is 0.493 e. The third-order valence-corrected chi connectivity index (χ3v) is 2.77. The van der Waals surface area contributed by atoms with Gasteiger partial charge in [0.05, 0.1) is 25.7 Å². The zero-order valence-corrected chi connectivity index (χ0v) is 10.8. The summed E-state index contributed by atoms with van der Waals surface area (Å²) in [6.07, 6.45) is -4.72. The molecule has 1 unspecified atom stereocenters. The molecular weight excluding hydrogens is 279 g/mol. The molecule has 1 rings (SSSR count). The van der Waals surface area contributed by atoms with Crippen molar-refractivity contribution in [1.29, 1.82) is 0 Å². The molecule has 20 heavy (non-hydrogen) atoms. The molecule has 0 saturated carbocycles. The van der Waals surface area contributed by atoms with Crippen molar-refractivity contribution in [3.63, 3.8) is 0 Å². The first kappa shape index (κ1) is 16.1.